The number of H-pyrrole nitrogens is 1. The molecule has 1 aromatic heterocycles. The van der Waals surface area contributed by atoms with Crippen molar-refractivity contribution in [3.8, 4) is 11.6 Å². The Morgan fingerprint density at radius 2 is 1.81 bits per heavy atom. The first kappa shape index (κ1) is 22.9. The molecule has 2 fully saturated rings. The molecule has 32 heavy (non-hydrogen) atoms. The molecule has 0 atom stereocenters. The molecule has 4 rings (SSSR count). The molecule has 0 saturated carbocycles. The Balaban J connectivity index is 1.22. The number of rotatable bonds is 8. The summed E-state index contributed by atoms with van der Waals surface area (Å²) in [5.74, 6) is 1.69. The molecule has 0 bridgehead atoms. The number of piperidine rings is 2. The summed E-state index contributed by atoms with van der Waals surface area (Å²) in [6.45, 7) is 11.8. The van der Waals surface area contributed by atoms with E-state index in [0.29, 0.717) is 18.4 Å². The molecule has 0 spiro atoms. The topological polar surface area (TPSA) is 69.8 Å². The zero-order valence-corrected chi connectivity index (χ0v) is 19.6. The predicted molar refractivity (Wildman–Crippen MR) is 128 cm³/mol. The van der Waals surface area contributed by atoms with Gasteiger partial charge in [0.05, 0.1) is 12.1 Å². The number of fused-ring (bicyclic) bond motifs is 1. The minimum Gasteiger partial charge on any atom is -0.493 e. The summed E-state index contributed by atoms with van der Waals surface area (Å²) in [6, 6.07) is 7.86. The van der Waals surface area contributed by atoms with Gasteiger partial charge in [0.15, 0.2) is 0 Å². The first-order chi connectivity index (χ1) is 15.6. The van der Waals surface area contributed by atoms with Gasteiger partial charge in [0.25, 0.3) is 0 Å². The first-order valence-electron chi connectivity index (χ1n) is 12.2. The van der Waals surface area contributed by atoms with Crippen LogP contribution in [-0.2, 0) is 0 Å². The van der Waals surface area contributed by atoms with Gasteiger partial charge in [-0.2, -0.15) is 0 Å². The number of aromatic amines is 1. The van der Waals surface area contributed by atoms with Gasteiger partial charge in [0.2, 0.25) is 5.88 Å². The van der Waals surface area contributed by atoms with Crippen LogP contribution in [0, 0.1) is 5.92 Å². The second-order valence-electron chi connectivity index (χ2n) is 9.61. The largest absolute Gasteiger partial charge is 0.493 e. The fraction of sp³-hybridized carbons (Fsp3) is 0.640. The van der Waals surface area contributed by atoms with E-state index >= 15 is 0 Å². The van der Waals surface area contributed by atoms with Gasteiger partial charge in [-0.1, -0.05) is 26.3 Å². The average molecular weight is 443 g/mol. The molecule has 7 heteroatoms. The third-order valence-corrected chi connectivity index (χ3v) is 6.46. The van der Waals surface area contributed by atoms with Crippen molar-refractivity contribution in [2.45, 2.75) is 52.0 Å². The Morgan fingerprint density at radius 1 is 1.09 bits per heavy atom. The summed E-state index contributed by atoms with van der Waals surface area (Å²) in [6.07, 6.45) is 5.61. The number of amides is 1. The highest BCUT2D eigenvalue weighted by Crippen LogP contribution is 2.29. The second kappa shape index (κ2) is 11.1. The van der Waals surface area contributed by atoms with Crippen molar-refractivity contribution in [1.29, 1.82) is 0 Å². The molecule has 176 valence electrons. The van der Waals surface area contributed by atoms with Crippen LogP contribution in [0.1, 0.15) is 46.0 Å². The second-order valence-corrected chi connectivity index (χ2v) is 9.61. The van der Waals surface area contributed by atoms with Crippen LogP contribution in [0.25, 0.3) is 10.9 Å². The minimum atomic E-state index is -0.395. The third kappa shape index (κ3) is 6.39. The van der Waals surface area contributed by atoms with Crippen LogP contribution in [-0.4, -0.2) is 72.8 Å². The minimum absolute atomic E-state index is 0.169. The van der Waals surface area contributed by atoms with Gasteiger partial charge < -0.3 is 29.6 Å². The fourth-order valence-electron chi connectivity index (χ4n) is 4.60. The van der Waals surface area contributed by atoms with Crippen LogP contribution in [0.3, 0.4) is 0 Å². The molecule has 0 aliphatic carbocycles. The van der Waals surface area contributed by atoms with Gasteiger partial charge in [-0.3, -0.25) is 0 Å². The van der Waals surface area contributed by atoms with E-state index in [1.165, 1.54) is 38.9 Å². The summed E-state index contributed by atoms with van der Waals surface area (Å²) < 4.78 is 11.5. The Labute approximate surface area is 191 Å². The monoisotopic (exact) mass is 442 g/mol. The lowest BCUT2D eigenvalue weighted by Crippen LogP contribution is -2.47. The zero-order chi connectivity index (χ0) is 22.3. The average Bonchev–Trinajstić information content (AvgIpc) is 3.20. The van der Waals surface area contributed by atoms with E-state index < -0.39 is 6.09 Å². The number of benzene rings is 1. The van der Waals surface area contributed by atoms with E-state index in [1.54, 1.807) is 0 Å². The molecule has 0 unspecified atom stereocenters. The molecule has 1 aromatic carbocycles. The lowest BCUT2D eigenvalue weighted by molar-refractivity contribution is 0.148. The van der Waals surface area contributed by atoms with Gasteiger partial charge in [-0.05, 0) is 56.8 Å². The van der Waals surface area contributed by atoms with Crippen molar-refractivity contribution in [1.82, 2.24) is 20.1 Å². The van der Waals surface area contributed by atoms with Gasteiger partial charge in [0.1, 0.15) is 5.75 Å². The van der Waals surface area contributed by atoms with Crippen molar-refractivity contribution >= 4 is 17.0 Å². The maximum absolute atomic E-state index is 12.5. The van der Waals surface area contributed by atoms with Crippen molar-refractivity contribution in [3.05, 3.63) is 24.3 Å². The SMILES string of the molecule is CC(C)COc1cccc2[nH]c(OC(=O)NC3CCN(CCN4CCCCC4)CC3)cc12. The fourth-order valence-corrected chi connectivity index (χ4v) is 4.60. The molecular formula is C25H38N4O3. The quantitative estimate of drug-likeness (QED) is 0.640. The number of hydrogen-bond acceptors (Lipinski definition) is 5. The predicted octanol–water partition coefficient (Wildman–Crippen LogP) is 4.24. The summed E-state index contributed by atoms with van der Waals surface area (Å²) in [5.41, 5.74) is 0.899. The van der Waals surface area contributed by atoms with Crippen molar-refractivity contribution < 1.29 is 14.3 Å². The Bertz CT molecular complexity index is 867. The summed E-state index contributed by atoms with van der Waals surface area (Å²) in [7, 11) is 0. The van der Waals surface area contributed by atoms with E-state index in [0.717, 1.165) is 49.1 Å². The first-order valence-corrected chi connectivity index (χ1v) is 12.2. The molecule has 0 radical (unpaired) electrons. The van der Waals surface area contributed by atoms with Gasteiger partial charge in [-0.25, -0.2) is 4.79 Å². The highest BCUT2D eigenvalue weighted by atomic mass is 16.6. The smallest absolute Gasteiger partial charge is 0.414 e. The Morgan fingerprint density at radius 3 is 2.53 bits per heavy atom. The summed E-state index contributed by atoms with van der Waals surface area (Å²) >= 11 is 0. The molecule has 3 heterocycles. The van der Waals surface area contributed by atoms with Crippen LogP contribution in [0.2, 0.25) is 0 Å². The lowest BCUT2D eigenvalue weighted by atomic mass is 10.1. The van der Waals surface area contributed by atoms with Gasteiger partial charge in [0, 0.05) is 43.7 Å². The van der Waals surface area contributed by atoms with Gasteiger partial charge >= 0.3 is 6.09 Å². The van der Waals surface area contributed by atoms with Crippen LogP contribution in [0.15, 0.2) is 24.3 Å². The van der Waals surface area contributed by atoms with E-state index in [9.17, 15) is 4.79 Å². The number of aromatic nitrogens is 1. The van der Waals surface area contributed by atoms with Crippen LogP contribution >= 0.6 is 0 Å². The molecule has 2 saturated heterocycles. The number of nitrogens with zero attached hydrogens (tertiary/aromatic N) is 2. The molecular weight excluding hydrogens is 404 g/mol. The number of carbonyl (C=O) groups excluding carboxylic acids is 1. The molecule has 2 N–H and O–H groups in total. The number of nitrogens with one attached hydrogen (secondary N) is 2. The normalized spacial score (nSPS) is 18.8. The van der Waals surface area contributed by atoms with Crippen LogP contribution in [0.4, 0.5) is 4.79 Å². The summed E-state index contributed by atoms with van der Waals surface area (Å²) in [4.78, 5) is 20.7. The maximum Gasteiger partial charge on any atom is 0.414 e. The van der Waals surface area contributed by atoms with Crippen LogP contribution < -0.4 is 14.8 Å². The molecule has 2 aliphatic heterocycles. The number of ether oxygens (including phenoxy) is 2. The van der Waals surface area contributed by atoms with Crippen molar-refractivity contribution in [2.24, 2.45) is 5.92 Å². The zero-order valence-electron chi connectivity index (χ0n) is 19.6. The van der Waals surface area contributed by atoms with Crippen LogP contribution in [0.5, 0.6) is 11.6 Å². The Kier molecular flexibility index (Phi) is 7.92. The maximum atomic E-state index is 12.5. The summed E-state index contributed by atoms with van der Waals surface area (Å²) in [5, 5.41) is 3.97. The molecule has 2 aromatic rings. The molecule has 2 aliphatic rings. The number of likely N-dealkylation sites (tertiary alicyclic amines) is 2. The van der Waals surface area contributed by atoms with E-state index in [-0.39, 0.29) is 6.04 Å². The van der Waals surface area contributed by atoms with Gasteiger partial charge in [-0.15, -0.1) is 0 Å². The highest BCUT2D eigenvalue weighted by molar-refractivity contribution is 5.88. The Hall–Kier alpha value is -2.25. The lowest BCUT2D eigenvalue weighted by Gasteiger charge is -2.34. The third-order valence-electron chi connectivity index (χ3n) is 6.46. The van der Waals surface area contributed by atoms with E-state index in [1.807, 2.05) is 24.3 Å². The molecule has 1 amide bonds. The highest BCUT2D eigenvalue weighted by Gasteiger charge is 2.22. The molecule has 7 nitrogen and oxygen atoms in total. The van der Waals surface area contributed by atoms with E-state index in [2.05, 4.69) is 33.9 Å². The van der Waals surface area contributed by atoms with E-state index in [4.69, 9.17) is 9.47 Å². The standard InChI is InChI=1S/C25H38N4O3/c1-19(2)18-31-23-8-6-7-22-21(23)17-24(27-22)32-25(30)26-20-9-13-29(14-10-20)16-15-28-11-4-3-5-12-28/h6-8,17,19-20,27H,3-5,9-16,18H2,1-2H3,(H,26,30). The number of carbonyl (C=O) groups is 1. The number of hydrogen-bond donors (Lipinski definition) is 2. The van der Waals surface area contributed by atoms with Crippen molar-refractivity contribution in [3.63, 3.8) is 0 Å². The van der Waals surface area contributed by atoms with Crippen molar-refractivity contribution in [2.75, 3.05) is 45.9 Å².